The van der Waals surface area contributed by atoms with Crippen molar-refractivity contribution in [2.45, 2.75) is 26.9 Å². The molecule has 3 heterocycles. The second-order valence-corrected chi connectivity index (χ2v) is 5.60. The number of fused-ring (bicyclic) bond motifs is 1. The molecule has 0 atom stereocenters. The summed E-state index contributed by atoms with van der Waals surface area (Å²) >= 11 is 1.69. The van der Waals surface area contributed by atoms with Gasteiger partial charge in [0.25, 0.3) is 0 Å². The molecule has 0 bridgehead atoms. The van der Waals surface area contributed by atoms with E-state index in [1.807, 2.05) is 25.1 Å². The third-order valence-electron chi connectivity index (χ3n) is 3.09. The molecule has 0 unspecified atom stereocenters. The zero-order chi connectivity index (χ0) is 13.2. The highest BCUT2D eigenvalue weighted by Crippen LogP contribution is 2.12. The molecule has 4 nitrogen and oxygen atoms in total. The van der Waals surface area contributed by atoms with Crippen LogP contribution >= 0.6 is 11.3 Å². The van der Waals surface area contributed by atoms with Gasteiger partial charge < -0.3 is 9.72 Å². The summed E-state index contributed by atoms with van der Waals surface area (Å²) in [6.45, 7) is 5.68. The minimum atomic E-state index is 0.795. The van der Waals surface area contributed by atoms with Crippen LogP contribution in [0.4, 0.5) is 0 Å². The second-order valence-electron chi connectivity index (χ2n) is 4.53. The van der Waals surface area contributed by atoms with Gasteiger partial charge in [-0.3, -0.25) is 0 Å². The standard InChI is InChI=1S/C14H16N4S/c1-10-13(18-6-4-3-5-14(18)16-10)8-15-7-12-9-19-11(2)17-12/h3-6,9,15H,7-8H2,1-2H3. The SMILES string of the molecule is Cc1nc(CNCc2c(C)nc3ccccn23)cs1. The van der Waals surface area contributed by atoms with E-state index >= 15 is 0 Å². The number of nitrogens with one attached hydrogen (secondary N) is 1. The van der Waals surface area contributed by atoms with Gasteiger partial charge in [-0.15, -0.1) is 11.3 Å². The lowest BCUT2D eigenvalue weighted by atomic mass is 10.3. The van der Waals surface area contributed by atoms with Crippen LogP contribution in [0.3, 0.4) is 0 Å². The van der Waals surface area contributed by atoms with E-state index in [-0.39, 0.29) is 0 Å². The van der Waals surface area contributed by atoms with Crippen molar-refractivity contribution >= 4 is 17.0 Å². The van der Waals surface area contributed by atoms with Crippen LogP contribution in [0.1, 0.15) is 22.1 Å². The van der Waals surface area contributed by atoms with Gasteiger partial charge in [0, 0.05) is 24.7 Å². The topological polar surface area (TPSA) is 42.2 Å². The molecule has 0 fully saturated rings. The number of aromatic nitrogens is 3. The average Bonchev–Trinajstić information content (AvgIpc) is 2.94. The molecule has 0 aliphatic carbocycles. The molecule has 3 rings (SSSR count). The highest BCUT2D eigenvalue weighted by molar-refractivity contribution is 7.09. The van der Waals surface area contributed by atoms with E-state index in [2.05, 4.69) is 38.2 Å². The summed E-state index contributed by atoms with van der Waals surface area (Å²) in [6.07, 6.45) is 2.05. The van der Waals surface area contributed by atoms with Gasteiger partial charge in [0.2, 0.25) is 0 Å². The van der Waals surface area contributed by atoms with Crippen molar-refractivity contribution < 1.29 is 0 Å². The molecule has 3 aromatic heterocycles. The molecule has 98 valence electrons. The van der Waals surface area contributed by atoms with Gasteiger partial charge in [0.1, 0.15) is 5.65 Å². The fourth-order valence-electron chi connectivity index (χ4n) is 2.18. The minimum Gasteiger partial charge on any atom is -0.305 e. The number of hydrogen-bond donors (Lipinski definition) is 1. The summed E-state index contributed by atoms with van der Waals surface area (Å²) in [5.74, 6) is 0. The maximum Gasteiger partial charge on any atom is 0.137 e. The van der Waals surface area contributed by atoms with Crippen molar-refractivity contribution in [2.24, 2.45) is 0 Å². The van der Waals surface area contributed by atoms with Crippen LogP contribution < -0.4 is 5.32 Å². The van der Waals surface area contributed by atoms with E-state index in [4.69, 9.17) is 0 Å². The summed E-state index contributed by atoms with van der Waals surface area (Å²) in [7, 11) is 0. The second kappa shape index (κ2) is 5.11. The lowest BCUT2D eigenvalue weighted by molar-refractivity contribution is 0.662. The zero-order valence-corrected chi connectivity index (χ0v) is 11.9. The average molecular weight is 272 g/mol. The number of nitrogens with zero attached hydrogens (tertiary/aromatic N) is 3. The van der Waals surface area contributed by atoms with E-state index in [1.165, 1.54) is 5.69 Å². The smallest absolute Gasteiger partial charge is 0.137 e. The fraction of sp³-hybridized carbons (Fsp3) is 0.286. The van der Waals surface area contributed by atoms with Crippen molar-refractivity contribution in [3.05, 3.63) is 51.9 Å². The third kappa shape index (κ3) is 2.52. The number of aryl methyl sites for hydroxylation is 2. The predicted octanol–water partition coefficient (Wildman–Crippen LogP) is 2.70. The molecule has 0 saturated carbocycles. The first kappa shape index (κ1) is 12.3. The van der Waals surface area contributed by atoms with Crippen LogP contribution in [0.5, 0.6) is 0 Å². The highest BCUT2D eigenvalue weighted by atomic mass is 32.1. The Morgan fingerprint density at radius 2 is 2.11 bits per heavy atom. The Labute approximate surface area is 116 Å². The summed E-state index contributed by atoms with van der Waals surface area (Å²) in [5, 5.41) is 6.65. The van der Waals surface area contributed by atoms with Crippen molar-refractivity contribution in [1.82, 2.24) is 19.7 Å². The molecular formula is C14H16N4S. The number of hydrogen-bond acceptors (Lipinski definition) is 4. The Morgan fingerprint density at radius 3 is 2.89 bits per heavy atom. The molecule has 0 amide bonds. The zero-order valence-electron chi connectivity index (χ0n) is 11.1. The molecule has 1 N–H and O–H groups in total. The van der Waals surface area contributed by atoms with Crippen LogP contribution in [-0.4, -0.2) is 14.4 Å². The Hall–Kier alpha value is -1.72. The molecule has 0 spiro atoms. The van der Waals surface area contributed by atoms with Gasteiger partial charge in [-0.05, 0) is 26.0 Å². The fourth-order valence-corrected chi connectivity index (χ4v) is 2.79. The summed E-state index contributed by atoms with van der Waals surface area (Å²) < 4.78 is 2.13. The largest absolute Gasteiger partial charge is 0.305 e. The third-order valence-corrected chi connectivity index (χ3v) is 3.92. The molecule has 0 aliphatic heterocycles. The lowest BCUT2D eigenvalue weighted by Gasteiger charge is -2.04. The van der Waals surface area contributed by atoms with E-state index in [0.29, 0.717) is 0 Å². The van der Waals surface area contributed by atoms with Crippen LogP contribution in [0.2, 0.25) is 0 Å². The summed E-state index contributed by atoms with van der Waals surface area (Å²) in [4.78, 5) is 9.00. The van der Waals surface area contributed by atoms with Gasteiger partial charge in [-0.25, -0.2) is 9.97 Å². The molecule has 3 aromatic rings. The van der Waals surface area contributed by atoms with Gasteiger partial charge in [0.05, 0.1) is 22.1 Å². The first-order chi connectivity index (χ1) is 9.24. The lowest BCUT2D eigenvalue weighted by Crippen LogP contribution is -2.15. The number of pyridine rings is 1. The molecule has 5 heteroatoms. The minimum absolute atomic E-state index is 0.795. The van der Waals surface area contributed by atoms with Crippen LogP contribution in [-0.2, 0) is 13.1 Å². The van der Waals surface area contributed by atoms with Crippen LogP contribution in [0, 0.1) is 13.8 Å². The molecule has 19 heavy (non-hydrogen) atoms. The maximum absolute atomic E-state index is 4.55. The Balaban J connectivity index is 1.73. The molecular weight excluding hydrogens is 256 g/mol. The molecule has 0 aromatic carbocycles. The predicted molar refractivity (Wildman–Crippen MR) is 77.3 cm³/mol. The Bertz CT molecular complexity index is 698. The first-order valence-electron chi connectivity index (χ1n) is 6.28. The molecule has 0 saturated heterocycles. The van der Waals surface area contributed by atoms with E-state index < -0.39 is 0 Å². The molecule has 0 radical (unpaired) electrons. The summed E-state index contributed by atoms with van der Waals surface area (Å²) in [5.41, 5.74) is 4.39. The maximum atomic E-state index is 4.55. The van der Waals surface area contributed by atoms with E-state index in [0.717, 1.165) is 35.1 Å². The quantitative estimate of drug-likeness (QED) is 0.794. The normalized spacial score (nSPS) is 11.3. The summed E-state index contributed by atoms with van der Waals surface area (Å²) in [6, 6.07) is 6.07. The van der Waals surface area contributed by atoms with Crippen LogP contribution in [0.25, 0.3) is 5.65 Å². The van der Waals surface area contributed by atoms with Crippen molar-refractivity contribution in [3.8, 4) is 0 Å². The number of rotatable bonds is 4. The Kier molecular flexibility index (Phi) is 3.31. The van der Waals surface area contributed by atoms with E-state index in [1.54, 1.807) is 11.3 Å². The van der Waals surface area contributed by atoms with Gasteiger partial charge >= 0.3 is 0 Å². The van der Waals surface area contributed by atoms with Gasteiger partial charge in [-0.2, -0.15) is 0 Å². The van der Waals surface area contributed by atoms with Gasteiger partial charge in [0.15, 0.2) is 0 Å². The van der Waals surface area contributed by atoms with Crippen molar-refractivity contribution in [3.63, 3.8) is 0 Å². The van der Waals surface area contributed by atoms with Gasteiger partial charge in [-0.1, -0.05) is 6.07 Å². The Morgan fingerprint density at radius 1 is 1.21 bits per heavy atom. The number of thiazole rings is 1. The van der Waals surface area contributed by atoms with Crippen LogP contribution in [0.15, 0.2) is 29.8 Å². The first-order valence-corrected chi connectivity index (χ1v) is 7.16. The number of imidazole rings is 1. The molecule has 0 aliphatic rings. The van der Waals surface area contributed by atoms with E-state index in [9.17, 15) is 0 Å². The van der Waals surface area contributed by atoms with Crippen molar-refractivity contribution in [1.29, 1.82) is 0 Å². The monoisotopic (exact) mass is 272 g/mol. The highest BCUT2D eigenvalue weighted by Gasteiger charge is 2.07. The van der Waals surface area contributed by atoms with Crippen molar-refractivity contribution in [2.75, 3.05) is 0 Å².